The van der Waals surface area contributed by atoms with Gasteiger partial charge < -0.3 is 18.9 Å². The van der Waals surface area contributed by atoms with Crippen molar-refractivity contribution >= 4 is 0 Å². The third-order valence-corrected chi connectivity index (χ3v) is 3.55. The molecule has 2 heterocycles. The fourth-order valence-electron chi connectivity index (χ4n) is 2.47. The van der Waals surface area contributed by atoms with Gasteiger partial charge in [0, 0.05) is 25.0 Å². The summed E-state index contributed by atoms with van der Waals surface area (Å²) in [5.74, 6) is 1.44. The lowest BCUT2D eigenvalue weighted by Gasteiger charge is -2.25. The summed E-state index contributed by atoms with van der Waals surface area (Å²) in [5.41, 5.74) is 0. The largest absolute Gasteiger partial charge is 0.465 e. The normalized spacial score (nSPS) is 27.0. The smallest absolute Gasteiger partial charge is 0.199 e. The maximum absolute atomic E-state index is 5.82. The molecule has 3 rings (SSSR count). The zero-order valence-corrected chi connectivity index (χ0v) is 11.7. The summed E-state index contributed by atoms with van der Waals surface area (Å²) in [6, 6.07) is 8.62. The molecule has 1 radical (unpaired) electrons. The highest BCUT2D eigenvalue weighted by Gasteiger charge is 2.17. The van der Waals surface area contributed by atoms with Gasteiger partial charge >= 0.3 is 0 Å². The van der Waals surface area contributed by atoms with Crippen molar-refractivity contribution in [1.82, 2.24) is 0 Å². The van der Waals surface area contributed by atoms with Gasteiger partial charge in [0.05, 0.1) is 13.2 Å². The quantitative estimate of drug-likeness (QED) is 0.846. The predicted molar refractivity (Wildman–Crippen MR) is 73.7 cm³/mol. The Bertz CT molecular complexity index is 373. The van der Waals surface area contributed by atoms with Gasteiger partial charge in [-0.1, -0.05) is 0 Å². The fraction of sp³-hybridized carbons (Fsp3) is 0.625. The van der Waals surface area contributed by atoms with Crippen molar-refractivity contribution < 1.29 is 18.9 Å². The van der Waals surface area contributed by atoms with Gasteiger partial charge in [0.2, 0.25) is 0 Å². The summed E-state index contributed by atoms with van der Waals surface area (Å²) < 4.78 is 22.7. The molecule has 0 saturated carbocycles. The maximum atomic E-state index is 5.82. The minimum absolute atomic E-state index is 0.134. The molecule has 0 N–H and O–H groups in total. The zero-order valence-electron chi connectivity index (χ0n) is 11.7. The van der Waals surface area contributed by atoms with E-state index in [-0.39, 0.29) is 12.6 Å². The van der Waals surface area contributed by atoms with Crippen LogP contribution in [0.2, 0.25) is 0 Å². The van der Waals surface area contributed by atoms with E-state index in [1.165, 1.54) is 0 Å². The summed E-state index contributed by atoms with van der Waals surface area (Å²) >= 11 is 0. The van der Waals surface area contributed by atoms with Crippen LogP contribution in [-0.4, -0.2) is 25.8 Å². The van der Waals surface area contributed by atoms with Crippen LogP contribution in [0, 0.1) is 6.07 Å². The summed E-state index contributed by atoms with van der Waals surface area (Å²) in [6.45, 7) is 1.56. The first kappa shape index (κ1) is 13.7. The van der Waals surface area contributed by atoms with E-state index < -0.39 is 0 Å². The van der Waals surface area contributed by atoms with Gasteiger partial charge in [-0.15, -0.1) is 0 Å². The van der Waals surface area contributed by atoms with Gasteiger partial charge in [0.25, 0.3) is 0 Å². The number of hydrogen-bond donors (Lipinski definition) is 0. The third kappa shape index (κ3) is 3.87. The molecule has 0 amide bonds. The average molecular weight is 277 g/mol. The van der Waals surface area contributed by atoms with Gasteiger partial charge in [-0.25, -0.2) is 0 Å². The second-order valence-electron chi connectivity index (χ2n) is 5.22. The maximum Gasteiger partial charge on any atom is 0.199 e. The van der Waals surface area contributed by atoms with Crippen LogP contribution < -0.4 is 9.47 Å². The molecule has 4 nitrogen and oxygen atoms in total. The highest BCUT2D eigenvalue weighted by molar-refractivity contribution is 5.32. The minimum atomic E-state index is -0.152. The summed E-state index contributed by atoms with van der Waals surface area (Å²) in [7, 11) is 0. The topological polar surface area (TPSA) is 36.9 Å². The summed E-state index contributed by atoms with van der Waals surface area (Å²) in [6.07, 6.45) is 6.14. The molecule has 2 unspecified atom stereocenters. The SMILES string of the molecule is [c]1ccc(OC2CCCCO2)cc1OC1CCCCO1. The molecule has 2 saturated heterocycles. The van der Waals surface area contributed by atoms with Crippen LogP contribution >= 0.6 is 0 Å². The molecule has 1 aromatic carbocycles. The van der Waals surface area contributed by atoms with Crippen molar-refractivity contribution in [2.75, 3.05) is 13.2 Å². The number of ether oxygens (including phenoxy) is 4. The summed E-state index contributed by atoms with van der Waals surface area (Å²) in [4.78, 5) is 0. The molecule has 0 aromatic heterocycles. The van der Waals surface area contributed by atoms with E-state index in [2.05, 4.69) is 6.07 Å². The molecule has 2 aliphatic heterocycles. The van der Waals surface area contributed by atoms with E-state index in [1.807, 2.05) is 18.2 Å². The lowest BCUT2D eigenvalue weighted by molar-refractivity contribution is -0.109. The van der Waals surface area contributed by atoms with E-state index in [0.717, 1.165) is 57.5 Å². The van der Waals surface area contributed by atoms with Gasteiger partial charge in [-0.2, -0.15) is 0 Å². The minimum Gasteiger partial charge on any atom is -0.465 e. The molecular formula is C16H21O4. The highest BCUT2D eigenvalue weighted by atomic mass is 16.7. The van der Waals surface area contributed by atoms with Gasteiger partial charge in [-0.05, 0) is 37.8 Å². The first-order valence-corrected chi connectivity index (χ1v) is 7.48. The lowest BCUT2D eigenvalue weighted by Crippen LogP contribution is -2.26. The van der Waals surface area contributed by atoms with E-state index >= 15 is 0 Å². The van der Waals surface area contributed by atoms with Crippen molar-refractivity contribution in [3.8, 4) is 11.5 Å². The molecule has 20 heavy (non-hydrogen) atoms. The van der Waals surface area contributed by atoms with E-state index in [1.54, 1.807) is 0 Å². The van der Waals surface area contributed by atoms with Crippen molar-refractivity contribution in [2.24, 2.45) is 0 Å². The molecule has 2 fully saturated rings. The molecule has 2 aliphatic rings. The Labute approximate surface area is 120 Å². The van der Waals surface area contributed by atoms with Gasteiger partial charge in [-0.3, -0.25) is 0 Å². The summed E-state index contributed by atoms with van der Waals surface area (Å²) in [5, 5.41) is 0. The monoisotopic (exact) mass is 277 g/mol. The Morgan fingerprint density at radius 2 is 1.65 bits per heavy atom. The Hall–Kier alpha value is -1.26. The Kier molecular flexibility index (Phi) is 4.77. The van der Waals surface area contributed by atoms with Crippen molar-refractivity contribution in [1.29, 1.82) is 0 Å². The van der Waals surface area contributed by atoms with Crippen molar-refractivity contribution in [2.45, 2.75) is 51.1 Å². The number of benzene rings is 1. The van der Waals surface area contributed by atoms with Crippen LogP contribution in [0.3, 0.4) is 0 Å². The van der Waals surface area contributed by atoms with Crippen LogP contribution in [0.25, 0.3) is 0 Å². The highest BCUT2D eigenvalue weighted by Crippen LogP contribution is 2.25. The van der Waals surface area contributed by atoms with Crippen LogP contribution in [0.5, 0.6) is 11.5 Å². The second kappa shape index (κ2) is 6.95. The average Bonchev–Trinajstić information content (AvgIpc) is 2.50. The van der Waals surface area contributed by atoms with Crippen LogP contribution in [-0.2, 0) is 9.47 Å². The van der Waals surface area contributed by atoms with Gasteiger partial charge in [0.1, 0.15) is 11.5 Å². The first-order valence-electron chi connectivity index (χ1n) is 7.48. The Balaban J connectivity index is 1.57. The first-order chi connectivity index (χ1) is 9.90. The van der Waals surface area contributed by atoms with Crippen LogP contribution in [0.4, 0.5) is 0 Å². The predicted octanol–water partition coefficient (Wildman–Crippen LogP) is 3.30. The standard InChI is InChI=1S/C16H21O4/c1-3-10-17-15(8-1)19-13-6-5-7-14(12-13)20-16-9-2-4-11-18-16/h5-6,12,15-16H,1-4,8-11H2. The third-order valence-electron chi connectivity index (χ3n) is 3.55. The zero-order chi connectivity index (χ0) is 13.6. The second-order valence-corrected chi connectivity index (χ2v) is 5.22. The van der Waals surface area contributed by atoms with Crippen molar-refractivity contribution in [3.05, 3.63) is 24.3 Å². The molecule has 0 bridgehead atoms. The van der Waals surface area contributed by atoms with Crippen LogP contribution in [0.1, 0.15) is 38.5 Å². The fourth-order valence-corrected chi connectivity index (χ4v) is 2.47. The van der Waals surface area contributed by atoms with Crippen LogP contribution in [0.15, 0.2) is 18.2 Å². The molecular weight excluding hydrogens is 256 g/mol. The molecule has 4 heteroatoms. The molecule has 2 atom stereocenters. The van der Waals surface area contributed by atoms with E-state index in [4.69, 9.17) is 18.9 Å². The van der Waals surface area contributed by atoms with Crippen molar-refractivity contribution in [3.63, 3.8) is 0 Å². The Morgan fingerprint density at radius 1 is 0.950 bits per heavy atom. The molecule has 109 valence electrons. The lowest BCUT2D eigenvalue weighted by atomic mass is 10.2. The Morgan fingerprint density at radius 3 is 2.30 bits per heavy atom. The molecule has 0 spiro atoms. The number of rotatable bonds is 4. The molecule has 1 aromatic rings. The molecule has 0 aliphatic carbocycles. The van der Waals surface area contributed by atoms with Gasteiger partial charge in [0.15, 0.2) is 12.6 Å². The van der Waals surface area contributed by atoms with E-state index in [0.29, 0.717) is 5.75 Å². The number of hydrogen-bond acceptors (Lipinski definition) is 4. The van der Waals surface area contributed by atoms with E-state index in [9.17, 15) is 0 Å².